The summed E-state index contributed by atoms with van der Waals surface area (Å²) in [5.41, 5.74) is 6.86. The average Bonchev–Trinajstić information content (AvgIpc) is 3.11. The van der Waals surface area contributed by atoms with Crippen molar-refractivity contribution in [2.45, 2.75) is 37.8 Å². The third-order valence-corrected chi connectivity index (χ3v) is 6.38. The normalized spacial score (nSPS) is 21.3. The maximum atomic E-state index is 14.5. The van der Waals surface area contributed by atoms with Crippen LogP contribution in [-0.2, 0) is 9.53 Å². The summed E-state index contributed by atoms with van der Waals surface area (Å²) in [4.78, 5) is 25.3. The van der Waals surface area contributed by atoms with Crippen molar-refractivity contribution in [1.82, 2.24) is 19.5 Å². The molecule has 2 aliphatic rings. The van der Waals surface area contributed by atoms with Crippen molar-refractivity contribution in [2.75, 3.05) is 23.8 Å². The molecule has 9 nitrogen and oxygen atoms in total. The number of nitrogens with zero attached hydrogens (tertiary/aromatic N) is 4. The van der Waals surface area contributed by atoms with E-state index in [1.165, 1.54) is 6.07 Å². The zero-order chi connectivity index (χ0) is 22.2. The summed E-state index contributed by atoms with van der Waals surface area (Å²) < 4.78 is 21.6. The van der Waals surface area contributed by atoms with E-state index >= 15 is 0 Å². The van der Waals surface area contributed by atoms with Crippen molar-refractivity contribution in [1.29, 1.82) is 0 Å². The summed E-state index contributed by atoms with van der Waals surface area (Å²) >= 11 is 6.23. The highest BCUT2D eigenvalue weighted by Crippen LogP contribution is 2.38. The number of hydrogen-bond acceptors (Lipinski definition) is 7. The summed E-state index contributed by atoms with van der Waals surface area (Å²) in [6.07, 6.45) is 4.44. The van der Waals surface area contributed by atoms with Crippen molar-refractivity contribution in [2.24, 2.45) is 11.7 Å². The molecule has 2 fully saturated rings. The molecule has 11 heteroatoms. The van der Waals surface area contributed by atoms with Crippen LogP contribution in [0, 0.1) is 11.7 Å². The van der Waals surface area contributed by atoms with Crippen LogP contribution >= 0.6 is 11.6 Å². The maximum absolute atomic E-state index is 14.5. The molecule has 1 aliphatic carbocycles. The number of carbonyl (C=O) groups is 1. The monoisotopic (exact) mass is 459 g/mol. The summed E-state index contributed by atoms with van der Waals surface area (Å²) in [6.45, 7) is 1.22. The summed E-state index contributed by atoms with van der Waals surface area (Å²) in [6, 6.07) is 4.68. The Kier molecular flexibility index (Phi) is 5.56. The van der Waals surface area contributed by atoms with E-state index in [1.807, 2.05) is 4.57 Å². The zero-order valence-electron chi connectivity index (χ0n) is 17.2. The van der Waals surface area contributed by atoms with Crippen LogP contribution in [0.5, 0.6) is 0 Å². The Morgan fingerprint density at radius 3 is 2.66 bits per heavy atom. The molecule has 0 atom stereocenters. The molecule has 0 radical (unpaired) electrons. The molecular weight excluding hydrogens is 437 g/mol. The fraction of sp³-hybridized carbons (Fsp3) is 0.429. The Morgan fingerprint density at radius 2 is 2.00 bits per heavy atom. The Bertz CT molecular complexity index is 1140. The summed E-state index contributed by atoms with van der Waals surface area (Å²) in [5.74, 6) is 0.0176. The molecule has 5 rings (SSSR count). The van der Waals surface area contributed by atoms with Gasteiger partial charge in [0.25, 0.3) is 0 Å². The predicted molar refractivity (Wildman–Crippen MR) is 118 cm³/mol. The van der Waals surface area contributed by atoms with Gasteiger partial charge in [-0.1, -0.05) is 17.7 Å². The van der Waals surface area contributed by atoms with E-state index in [2.05, 4.69) is 20.6 Å². The van der Waals surface area contributed by atoms with Crippen LogP contribution in [0.25, 0.3) is 11.2 Å². The van der Waals surface area contributed by atoms with Crippen molar-refractivity contribution >= 4 is 46.3 Å². The average molecular weight is 460 g/mol. The lowest BCUT2D eigenvalue weighted by Gasteiger charge is -2.29. The number of nitrogens with two attached hydrogens (primary N) is 1. The molecule has 3 heterocycles. The second-order valence-corrected chi connectivity index (χ2v) is 8.62. The smallest absolute Gasteiger partial charge is 0.225 e. The van der Waals surface area contributed by atoms with Crippen LogP contribution in [0.4, 0.5) is 22.0 Å². The number of nitrogens with one attached hydrogen (secondary N) is 2. The van der Waals surface area contributed by atoms with Gasteiger partial charge >= 0.3 is 0 Å². The lowest BCUT2D eigenvalue weighted by Crippen LogP contribution is -2.40. The van der Waals surface area contributed by atoms with E-state index in [9.17, 15) is 9.18 Å². The molecule has 1 aromatic carbocycles. The largest absolute Gasteiger partial charge is 0.377 e. The minimum Gasteiger partial charge on any atom is -0.377 e. The molecule has 4 N–H and O–H groups in total. The number of amides is 1. The Hall–Kier alpha value is -2.98. The van der Waals surface area contributed by atoms with Gasteiger partial charge in [-0.05, 0) is 37.8 Å². The number of fused-ring (bicyclic) bond motifs is 1. The minimum atomic E-state index is -0.480. The van der Waals surface area contributed by atoms with E-state index in [0.717, 1.165) is 12.8 Å². The molecule has 3 aromatic rings. The first-order valence-corrected chi connectivity index (χ1v) is 11.0. The number of hydrogen-bond donors (Lipinski definition) is 3. The third-order valence-electron chi connectivity index (χ3n) is 6.07. The van der Waals surface area contributed by atoms with Gasteiger partial charge in [0.1, 0.15) is 11.3 Å². The van der Waals surface area contributed by atoms with Gasteiger partial charge in [-0.15, -0.1) is 0 Å². The van der Waals surface area contributed by atoms with E-state index in [1.54, 1.807) is 18.3 Å². The van der Waals surface area contributed by atoms with Gasteiger partial charge in [-0.25, -0.2) is 14.4 Å². The zero-order valence-corrected chi connectivity index (χ0v) is 18.0. The SMILES string of the molecule is NC(=O)C1CCC(n2c(Nc3c(F)cccc3Cl)nc3cnc(NC4COC4)nc32)CC1. The number of para-hydroxylation sites is 1. The molecule has 0 bridgehead atoms. The Balaban J connectivity index is 1.54. The Morgan fingerprint density at radius 1 is 1.22 bits per heavy atom. The predicted octanol–water partition coefficient (Wildman–Crippen LogP) is 3.39. The number of primary amides is 1. The van der Waals surface area contributed by atoms with Crippen LogP contribution in [0.3, 0.4) is 0 Å². The number of carbonyl (C=O) groups excluding carboxylic acids is 1. The molecule has 1 saturated heterocycles. The van der Waals surface area contributed by atoms with Gasteiger partial charge in [0, 0.05) is 12.0 Å². The van der Waals surface area contributed by atoms with Crippen molar-refractivity contribution in [3.05, 3.63) is 35.2 Å². The van der Waals surface area contributed by atoms with Gasteiger partial charge in [0.2, 0.25) is 17.8 Å². The topological polar surface area (TPSA) is 120 Å². The summed E-state index contributed by atoms with van der Waals surface area (Å²) in [7, 11) is 0. The lowest BCUT2D eigenvalue weighted by atomic mass is 9.85. The van der Waals surface area contributed by atoms with Gasteiger partial charge in [0.05, 0.1) is 36.2 Å². The van der Waals surface area contributed by atoms with E-state index in [0.29, 0.717) is 49.1 Å². The van der Waals surface area contributed by atoms with Gasteiger partial charge in [-0.3, -0.25) is 9.36 Å². The standard InChI is InChI=1S/C21H23ClFN7O2/c22-14-2-1-3-15(23)17(14)28-21-27-16-8-25-20(26-12-9-32-10-12)29-19(16)30(21)13-6-4-11(5-7-13)18(24)31/h1-3,8,11-13H,4-7,9-10H2,(H2,24,31)(H,27,28)(H,25,26,29). The van der Waals surface area contributed by atoms with Gasteiger partial charge in [0.15, 0.2) is 5.65 Å². The fourth-order valence-electron chi connectivity index (χ4n) is 4.24. The van der Waals surface area contributed by atoms with Crippen LogP contribution in [-0.4, -0.2) is 44.7 Å². The van der Waals surface area contributed by atoms with Crippen molar-refractivity contribution < 1.29 is 13.9 Å². The van der Waals surface area contributed by atoms with E-state index < -0.39 is 5.82 Å². The van der Waals surface area contributed by atoms with E-state index in [4.69, 9.17) is 27.1 Å². The molecule has 0 unspecified atom stereocenters. The number of benzene rings is 1. The van der Waals surface area contributed by atoms with Crippen LogP contribution in [0.2, 0.25) is 5.02 Å². The third kappa shape index (κ3) is 3.95. The molecule has 1 amide bonds. The molecule has 0 spiro atoms. The Labute approximate surface area is 188 Å². The van der Waals surface area contributed by atoms with Crippen molar-refractivity contribution in [3.63, 3.8) is 0 Å². The van der Waals surface area contributed by atoms with Crippen LogP contribution < -0.4 is 16.4 Å². The molecular formula is C21H23ClFN7O2. The highest BCUT2D eigenvalue weighted by atomic mass is 35.5. The summed E-state index contributed by atoms with van der Waals surface area (Å²) in [5, 5.41) is 6.56. The number of rotatable bonds is 6. The first kappa shape index (κ1) is 20.9. The number of aromatic nitrogens is 4. The molecule has 32 heavy (non-hydrogen) atoms. The molecule has 1 saturated carbocycles. The molecule has 2 aromatic heterocycles. The fourth-order valence-corrected chi connectivity index (χ4v) is 4.45. The highest BCUT2D eigenvalue weighted by molar-refractivity contribution is 6.33. The number of halogens is 2. The van der Waals surface area contributed by atoms with Crippen LogP contribution in [0.1, 0.15) is 31.7 Å². The highest BCUT2D eigenvalue weighted by Gasteiger charge is 2.29. The van der Waals surface area contributed by atoms with E-state index in [-0.39, 0.29) is 34.6 Å². The lowest BCUT2D eigenvalue weighted by molar-refractivity contribution is -0.122. The number of ether oxygens (including phenoxy) is 1. The maximum Gasteiger partial charge on any atom is 0.225 e. The second-order valence-electron chi connectivity index (χ2n) is 8.22. The van der Waals surface area contributed by atoms with Crippen LogP contribution in [0.15, 0.2) is 24.4 Å². The second kappa shape index (κ2) is 8.51. The first-order valence-electron chi connectivity index (χ1n) is 10.6. The first-order chi connectivity index (χ1) is 15.5. The van der Waals surface area contributed by atoms with Crippen molar-refractivity contribution in [3.8, 4) is 0 Å². The van der Waals surface area contributed by atoms with Gasteiger partial charge in [-0.2, -0.15) is 4.98 Å². The quantitative estimate of drug-likeness (QED) is 0.516. The number of anilines is 3. The minimum absolute atomic E-state index is 0.0124. The number of imidazole rings is 1. The molecule has 168 valence electrons. The molecule has 1 aliphatic heterocycles. The van der Waals surface area contributed by atoms with Gasteiger partial charge < -0.3 is 21.1 Å².